The molecule has 6 rings (SSSR count). The lowest BCUT2D eigenvalue weighted by Crippen LogP contribution is -2.17. The maximum absolute atomic E-state index is 12.4. The Kier molecular flexibility index (Phi) is 9.72. The summed E-state index contributed by atoms with van der Waals surface area (Å²) in [6.45, 7) is 0.256. The predicted octanol–water partition coefficient (Wildman–Crippen LogP) is 7.39. The first-order valence-corrected chi connectivity index (χ1v) is 13.5. The Bertz CT molecular complexity index is 1610. The molecule has 0 fully saturated rings. The average molecular weight is 582 g/mol. The lowest BCUT2D eigenvalue weighted by Gasteiger charge is -2.14. The first-order valence-electron chi connectivity index (χ1n) is 12.7. The molecule has 5 N–H and O–H groups in total. The van der Waals surface area contributed by atoms with Gasteiger partial charge in [-0.2, -0.15) is 5.26 Å². The van der Waals surface area contributed by atoms with Gasteiger partial charge in [-0.3, -0.25) is 5.32 Å². The van der Waals surface area contributed by atoms with Crippen LogP contribution >= 0.6 is 23.7 Å². The molecule has 0 radical (unpaired) electrons. The molecular weight excluding hydrogens is 554 g/mol. The molecule has 1 amide bonds. The molecule has 0 aliphatic heterocycles. The molecule has 0 saturated heterocycles. The number of carbonyl (C=O) groups is 1. The minimum atomic E-state index is -0.537. The zero-order chi connectivity index (χ0) is 27.9. The Hall–Kier alpha value is -4.68. The van der Waals surface area contributed by atoms with E-state index in [9.17, 15) is 4.79 Å². The van der Waals surface area contributed by atoms with Gasteiger partial charge in [0, 0.05) is 11.5 Å². The lowest BCUT2D eigenvalue weighted by atomic mass is 9.98. The monoisotopic (exact) mass is 581 g/mol. The van der Waals surface area contributed by atoms with E-state index < -0.39 is 12.1 Å². The van der Waals surface area contributed by atoms with Crippen LogP contribution < -0.4 is 16.8 Å². The van der Waals surface area contributed by atoms with Crippen molar-refractivity contribution in [2.45, 2.75) is 12.0 Å². The van der Waals surface area contributed by atoms with E-state index in [0.29, 0.717) is 15.8 Å². The maximum atomic E-state index is 12.4. The first kappa shape index (κ1) is 29.3. The van der Waals surface area contributed by atoms with Crippen molar-refractivity contribution in [3.05, 3.63) is 126 Å². The number of thiazole rings is 1. The molecule has 7 nitrogen and oxygen atoms in total. The largest absolute Gasteiger partial charge is 0.448 e. The third kappa shape index (κ3) is 6.73. The number of nitriles is 1. The molecule has 0 spiro atoms. The molecule has 1 aromatic heterocycles. The van der Waals surface area contributed by atoms with Crippen LogP contribution in [0.15, 0.2) is 109 Å². The van der Waals surface area contributed by atoms with Crippen LogP contribution in [0.25, 0.3) is 22.4 Å². The van der Waals surface area contributed by atoms with Crippen molar-refractivity contribution in [1.82, 2.24) is 4.98 Å². The minimum absolute atomic E-state index is 0. The van der Waals surface area contributed by atoms with Gasteiger partial charge in [-0.25, -0.2) is 9.78 Å². The highest BCUT2D eigenvalue weighted by molar-refractivity contribution is 7.20. The number of ether oxygens (including phenoxy) is 1. The van der Waals surface area contributed by atoms with E-state index in [-0.39, 0.29) is 24.9 Å². The maximum Gasteiger partial charge on any atom is 0.413 e. The Morgan fingerprint density at radius 3 is 2.02 bits per heavy atom. The van der Waals surface area contributed by atoms with Gasteiger partial charge >= 0.3 is 6.09 Å². The third-order valence-electron chi connectivity index (χ3n) is 6.55. The normalized spacial score (nSPS) is 11.9. The molecule has 0 bridgehead atoms. The number of nitrogens with one attached hydrogen (secondary N) is 1. The van der Waals surface area contributed by atoms with Crippen LogP contribution in [0.2, 0.25) is 0 Å². The molecule has 9 heteroatoms. The standard InChI is InChI=1S/C24H19N3O2S.C8H8N2.ClH/c25-22-21(15-8-2-1-3-9-15)26-23(30-22)27-24(28)29-14-20-18-12-6-4-10-16(18)17-11-5-7-13-19(17)20;9-6-8(10)7-4-2-1-3-5-7;/h1-13,20H,14,25H2,(H,26,27,28);1-5,8H,10H2;1H. The second-order valence-electron chi connectivity index (χ2n) is 9.07. The summed E-state index contributed by atoms with van der Waals surface area (Å²) >= 11 is 1.23. The van der Waals surface area contributed by atoms with Gasteiger partial charge in [0.2, 0.25) is 0 Å². The zero-order valence-corrected chi connectivity index (χ0v) is 23.6. The number of anilines is 2. The van der Waals surface area contributed by atoms with Gasteiger partial charge < -0.3 is 16.2 Å². The van der Waals surface area contributed by atoms with Crippen LogP contribution in [-0.2, 0) is 4.74 Å². The summed E-state index contributed by atoms with van der Waals surface area (Å²) in [5, 5.41) is 12.1. The highest BCUT2D eigenvalue weighted by atomic mass is 35.5. The van der Waals surface area contributed by atoms with Crippen molar-refractivity contribution in [3.63, 3.8) is 0 Å². The average Bonchev–Trinajstić information content (AvgIpc) is 3.53. The summed E-state index contributed by atoms with van der Waals surface area (Å²) in [4.78, 5) is 16.9. The molecule has 1 unspecified atom stereocenters. The number of amides is 1. The summed E-state index contributed by atoms with van der Waals surface area (Å²) in [7, 11) is 0. The van der Waals surface area contributed by atoms with Gasteiger partial charge in [0.15, 0.2) is 5.13 Å². The summed E-state index contributed by atoms with van der Waals surface area (Å²) in [6, 6.07) is 36.9. The van der Waals surface area contributed by atoms with Crippen molar-refractivity contribution in [2.75, 3.05) is 17.7 Å². The summed E-state index contributed by atoms with van der Waals surface area (Å²) < 4.78 is 5.57. The number of nitrogens with zero attached hydrogens (tertiary/aromatic N) is 2. The number of rotatable bonds is 5. The van der Waals surface area contributed by atoms with Crippen LogP contribution in [0.5, 0.6) is 0 Å². The molecule has 4 aromatic carbocycles. The summed E-state index contributed by atoms with van der Waals surface area (Å²) in [5.74, 6) is 0.0180. The topological polar surface area (TPSA) is 127 Å². The van der Waals surface area contributed by atoms with Gasteiger partial charge in [0.1, 0.15) is 23.3 Å². The van der Waals surface area contributed by atoms with Gasteiger partial charge in [0.05, 0.1) is 6.07 Å². The number of aromatic nitrogens is 1. The second kappa shape index (κ2) is 13.6. The number of hydrogen-bond acceptors (Lipinski definition) is 7. The number of halogens is 1. The Labute approximate surface area is 248 Å². The predicted molar refractivity (Wildman–Crippen MR) is 167 cm³/mol. The van der Waals surface area contributed by atoms with E-state index in [2.05, 4.69) is 34.6 Å². The minimum Gasteiger partial charge on any atom is -0.448 e. The fraction of sp³-hybridized carbons (Fsp3) is 0.0938. The number of benzene rings is 4. The molecule has 41 heavy (non-hydrogen) atoms. The van der Waals surface area contributed by atoms with Crippen LogP contribution in [0, 0.1) is 11.3 Å². The molecule has 206 valence electrons. The van der Waals surface area contributed by atoms with Crippen molar-refractivity contribution < 1.29 is 9.53 Å². The van der Waals surface area contributed by atoms with Crippen molar-refractivity contribution in [1.29, 1.82) is 5.26 Å². The fourth-order valence-corrected chi connectivity index (χ4v) is 5.38. The highest BCUT2D eigenvalue weighted by Crippen LogP contribution is 2.44. The van der Waals surface area contributed by atoms with E-state index >= 15 is 0 Å². The van der Waals surface area contributed by atoms with Crippen LogP contribution in [0.1, 0.15) is 28.7 Å². The van der Waals surface area contributed by atoms with E-state index in [4.69, 9.17) is 21.5 Å². The smallest absolute Gasteiger partial charge is 0.413 e. The number of hydrogen-bond donors (Lipinski definition) is 3. The SMILES string of the molecule is Cl.N#CC(N)c1ccccc1.Nc1sc(NC(=O)OCC2c3ccccc3-c3ccccc32)nc1-c1ccccc1. The van der Waals surface area contributed by atoms with E-state index in [1.54, 1.807) is 0 Å². The highest BCUT2D eigenvalue weighted by Gasteiger charge is 2.29. The van der Waals surface area contributed by atoms with Gasteiger partial charge in [-0.15, -0.1) is 12.4 Å². The molecule has 0 saturated carbocycles. The van der Waals surface area contributed by atoms with Gasteiger partial charge in [-0.1, -0.05) is 121 Å². The molecule has 1 aliphatic rings. The lowest BCUT2D eigenvalue weighted by molar-refractivity contribution is 0.158. The number of carbonyl (C=O) groups excluding carboxylic acids is 1. The Balaban J connectivity index is 0.000000300. The van der Waals surface area contributed by atoms with Crippen molar-refractivity contribution >= 4 is 40.0 Å². The summed E-state index contributed by atoms with van der Waals surface area (Å²) in [5.41, 5.74) is 18.7. The summed E-state index contributed by atoms with van der Waals surface area (Å²) in [6.07, 6.45) is -0.537. The third-order valence-corrected chi connectivity index (χ3v) is 7.35. The van der Waals surface area contributed by atoms with Crippen LogP contribution in [0.3, 0.4) is 0 Å². The van der Waals surface area contributed by atoms with Gasteiger partial charge in [0.25, 0.3) is 0 Å². The van der Waals surface area contributed by atoms with Crippen molar-refractivity contribution in [2.24, 2.45) is 5.73 Å². The van der Waals surface area contributed by atoms with Crippen LogP contribution in [-0.4, -0.2) is 17.7 Å². The van der Waals surface area contributed by atoms with Crippen LogP contribution in [0.4, 0.5) is 14.9 Å². The van der Waals surface area contributed by atoms with Crippen molar-refractivity contribution in [3.8, 4) is 28.5 Å². The van der Waals surface area contributed by atoms with E-state index in [1.807, 2.05) is 91.0 Å². The zero-order valence-electron chi connectivity index (χ0n) is 21.9. The quantitative estimate of drug-likeness (QED) is 0.199. The molecule has 1 heterocycles. The second-order valence-corrected chi connectivity index (χ2v) is 10.1. The van der Waals surface area contributed by atoms with Gasteiger partial charge in [-0.05, 0) is 27.8 Å². The van der Waals surface area contributed by atoms with E-state index in [1.165, 1.54) is 33.6 Å². The molecule has 5 aromatic rings. The fourth-order valence-electron chi connectivity index (χ4n) is 4.64. The Morgan fingerprint density at radius 1 is 0.902 bits per heavy atom. The molecular formula is C32H28ClN5O2S. The first-order chi connectivity index (χ1) is 19.5. The molecule has 1 atom stereocenters. The number of nitrogen functional groups attached to an aromatic ring is 1. The number of nitrogens with two attached hydrogens (primary N) is 2. The number of fused-ring (bicyclic) bond motifs is 3. The Morgan fingerprint density at radius 2 is 1.44 bits per heavy atom. The molecule has 1 aliphatic carbocycles. The van der Waals surface area contributed by atoms with E-state index in [0.717, 1.165) is 11.1 Å².